The van der Waals surface area contributed by atoms with Crippen LogP contribution in [0.1, 0.15) is 48.8 Å². The highest BCUT2D eigenvalue weighted by Crippen LogP contribution is 2.33. The zero-order valence-corrected chi connectivity index (χ0v) is 21.3. The van der Waals surface area contributed by atoms with E-state index in [1.165, 1.54) is 31.0 Å². The fraction of sp³-hybridized carbons (Fsp3) is 0.333. The number of thiocarbonyl (C=S) groups is 1. The first-order chi connectivity index (χ1) is 17.0. The van der Waals surface area contributed by atoms with Gasteiger partial charge in [0, 0.05) is 18.8 Å². The highest BCUT2D eigenvalue weighted by atomic mass is 32.2. The molecule has 180 valence electrons. The number of rotatable bonds is 6. The molecule has 2 aliphatic rings. The van der Waals surface area contributed by atoms with Crippen LogP contribution >= 0.6 is 24.0 Å². The van der Waals surface area contributed by atoms with E-state index < -0.39 is 0 Å². The standard InChI is InChI=1S/C27H28N4O2S2/c1-18-9-8-15-30-24(18)29-23(28-20-12-6-3-7-13-20)21(25(30)32)17-22-26(33)31(27(34)35-22)16-14-19-10-4-2-5-11-19/h2,4-5,8-11,15,17,20,28H,3,6-7,12-14,16H2,1H3. The van der Waals surface area contributed by atoms with Crippen molar-refractivity contribution in [2.45, 2.75) is 51.5 Å². The van der Waals surface area contributed by atoms with Crippen molar-refractivity contribution in [2.24, 2.45) is 0 Å². The van der Waals surface area contributed by atoms with Crippen LogP contribution in [-0.4, -0.2) is 37.1 Å². The molecular weight excluding hydrogens is 476 g/mol. The summed E-state index contributed by atoms with van der Waals surface area (Å²) in [6, 6.07) is 14.1. The van der Waals surface area contributed by atoms with E-state index in [9.17, 15) is 9.59 Å². The fourth-order valence-corrected chi connectivity index (χ4v) is 5.99. The van der Waals surface area contributed by atoms with Crippen molar-refractivity contribution in [2.75, 3.05) is 11.9 Å². The molecular formula is C27H28N4O2S2. The normalized spacial score (nSPS) is 18.1. The lowest BCUT2D eigenvalue weighted by molar-refractivity contribution is -0.122. The van der Waals surface area contributed by atoms with Crippen LogP contribution in [0.15, 0.2) is 58.4 Å². The second kappa shape index (κ2) is 10.3. The van der Waals surface area contributed by atoms with E-state index in [1.54, 1.807) is 21.6 Å². The summed E-state index contributed by atoms with van der Waals surface area (Å²) in [4.78, 5) is 33.8. The maximum Gasteiger partial charge on any atom is 0.267 e. The lowest BCUT2D eigenvalue weighted by atomic mass is 9.95. The SMILES string of the molecule is Cc1cccn2c(=O)c(C=C3SC(=S)N(CCc4ccccc4)C3=O)c(NC3CCCCC3)nc12. The minimum Gasteiger partial charge on any atom is -0.367 e. The highest BCUT2D eigenvalue weighted by molar-refractivity contribution is 8.26. The smallest absolute Gasteiger partial charge is 0.267 e. The second-order valence-corrected chi connectivity index (χ2v) is 10.8. The molecule has 1 aromatic carbocycles. The molecule has 1 aliphatic carbocycles. The third-order valence-corrected chi connectivity index (χ3v) is 8.02. The summed E-state index contributed by atoms with van der Waals surface area (Å²) in [6.45, 7) is 2.46. The molecule has 5 rings (SSSR count). The maximum absolute atomic E-state index is 13.6. The Morgan fingerprint density at radius 1 is 1.11 bits per heavy atom. The van der Waals surface area contributed by atoms with Gasteiger partial charge >= 0.3 is 0 Å². The molecule has 6 nitrogen and oxygen atoms in total. The van der Waals surface area contributed by atoms with Crippen LogP contribution in [-0.2, 0) is 11.2 Å². The lowest BCUT2D eigenvalue weighted by Crippen LogP contribution is -2.30. The van der Waals surface area contributed by atoms with Crippen LogP contribution in [0.25, 0.3) is 11.7 Å². The Morgan fingerprint density at radius 2 is 1.89 bits per heavy atom. The number of nitrogens with zero attached hydrogens (tertiary/aromatic N) is 3. The summed E-state index contributed by atoms with van der Waals surface area (Å²) in [5.74, 6) is 0.388. The zero-order valence-electron chi connectivity index (χ0n) is 19.7. The van der Waals surface area contributed by atoms with Crippen LogP contribution < -0.4 is 10.9 Å². The van der Waals surface area contributed by atoms with E-state index in [4.69, 9.17) is 17.2 Å². The average Bonchev–Trinajstić information content (AvgIpc) is 3.14. The van der Waals surface area contributed by atoms with Gasteiger partial charge in [0.15, 0.2) is 0 Å². The van der Waals surface area contributed by atoms with Crippen LogP contribution in [0, 0.1) is 6.92 Å². The minimum absolute atomic E-state index is 0.159. The average molecular weight is 505 g/mol. The number of aryl methyl sites for hydroxylation is 1. The molecule has 35 heavy (non-hydrogen) atoms. The van der Waals surface area contributed by atoms with Crippen molar-refractivity contribution >= 4 is 51.7 Å². The van der Waals surface area contributed by atoms with E-state index in [0.717, 1.165) is 24.0 Å². The molecule has 1 N–H and O–H groups in total. The highest BCUT2D eigenvalue weighted by Gasteiger charge is 2.32. The van der Waals surface area contributed by atoms with Crippen LogP contribution in [0.3, 0.4) is 0 Å². The van der Waals surface area contributed by atoms with E-state index >= 15 is 0 Å². The first kappa shape index (κ1) is 23.8. The monoisotopic (exact) mass is 504 g/mol. The number of amides is 1. The van der Waals surface area contributed by atoms with E-state index in [2.05, 4.69) is 5.32 Å². The van der Waals surface area contributed by atoms with Crippen molar-refractivity contribution in [3.05, 3.63) is 80.6 Å². The maximum atomic E-state index is 13.6. The van der Waals surface area contributed by atoms with Gasteiger partial charge in [-0.1, -0.05) is 79.6 Å². The predicted molar refractivity (Wildman–Crippen MR) is 147 cm³/mol. The molecule has 0 unspecified atom stereocenters. The molecule has 1 aliphatic heterocycles. The van der Waals surface area contributed by atoms with Crippen molar-refractivity contribution in [3.8, 4) is 0 Å². The van der Waals surface area contributed by atoms with E-state index in [1.807, 2.05) is 49.4 Å². The number of carbonyl (C=O) groups is 1. The van der Waals surface area contributed by atoms with Crippen LogP contribution in [0.5, 0.6) is 0 Å². The molecule has 1 amide bonds. The number of anilines is 1. The van der Waals surface area contributed by atoms with Gasteiger partial charge < -0.3 is 5.32 Å². The van der Waals surface area contributed by atoms with Gasteiger partial charge in [-0.05, 0) is 49.5 Å². The minimum atomic E-state index is -0.188. The molecule has 2 aromatic heterocycles. The Labute approximate surface area is 214 Å². The van der Waals surface area contributed by atoms with E-state index in [-0.39, 0.29) is 17.5 Å². The molecule has 1 saturated heterocycles. The summed E-state index contributed by atoms with van der Waals surface area (Å²) < 4.78 is 2.08. The summed E-state index contributed by atoms with van der Waals surface area (Å²) >= 11 is 6.78. The molecule has 8 heteroatoms. The van der Waals surface area contributed by atoms with Gasteiger partial charge in [0.05, 0.1) is 10.5 Å². The number of pyridine rings is 1. The summed E-state index contributed by atoms with van der Waals surface area (Å²) in [5, 5.41) is 3.53. The van der Waals surface area contributed by atoms with Gasteiger partial charge in [-0.2, -0.15) is 0 Å². The van der Waals surface area contributed by atoms with Crippen molar-refractivity contribution < 1.29 is 4.79 Å². The summed E-state index contributed by atoms with van der Waals surface area (Å²) in [7, 11) is 0. The first-order valence-corrected chi connectivity index (χ1v) is 13.3. The predicted octanol–water partition coefficient (Wildman–Crippen LogP) is 5.19. The Hall–Kier alpha value is -2.97. The Kier molecular flexibility index (Phi) is 7.02. The van der Waals surface area contributed by atoms with Crippen molar-refractivity contribution in [1.82, 2.24) is 14.3 Å². The van der Waals surface area contributed by atoms with Crippen LogP contribution in [0.2, 0.25) is 0 Å². The molecule has 0 atom stereocenters. The number of aromatic nitrogens is 2. The van der Waals surface area contributed by atoms with Crippen LogP contribution in [0.4, 0.5) is 5.82 Å². The number of hydrogen-bond donors (Lipinski definition) is 1. The Bertz CT molecular complexity index is 1360. The van der Waals surface area contributed by atoms with Gasteiger partial charge in [-0.25, -0.2) is 4.98 Å². The van der Waals surface area contributed by atoms with Gasteiger partial charge in [0.1, 0.15) is 15.8 Å². The zero-order chi connectivity index (χ0) is 24.4. The third kappa shape index (κ3) is 5.04. The van der Waals surface area contributed by atoms with Crippen molar-refractivity contribution in [1.29, 1.82) is 0 Å². The summed E-state index contributed by atoms with van der Waals surface area (Å²) in [5.41, 5.74) is 2.92. The van der Waals surface area contributed by atoms with Gasteiger partial charge in [0.25, 0.3) is 11.5 Å². The topological polar surface area (TPSA) is 66.7 Å². The third-order valence-electron chi connectivity index (χ3n) is 6.65. The molecule has 2 fully saturated rings. The van der Waals surface area contributed by atoms with Crippen molar-refractivity contribution in [3.63, 3.8) is 0 Å². The van der Waals surface area contributed by atoms with Gasteiger partial charge in [-0.3, -0.25) is 18.9 Å². The number of thioether (sulfide) groups is 1. The molecule has 3 heterocycles. The molecule has 0 spiro atoms. The lowest BCUT2D eigenvalue weighted by Gasteiger charge is -2.24. The molecule has 1 saturated carbocycles. The molecule has 0 radical (unpaired) electrons. The molecule has 0 bridgehead atoms. The number of hydrogen-bond acceptors (Lipinski definition) is 6. The summed E-state index contributed by atoms with van der Waals surface area (Å²) in [6.07, 6.45) is 9.79. The number of benzene rings is 1. The largest absolute Gasteiger partial charge is 0.367 e. The van der Waals surface area contributed by atoms with Gasteiger partial charge in [-0.15, -0.1) is 0 Å². The second-order valence-electron chi connectivity index (χ2n) is 9.11. The molecule has 3 aromatic rings. The Balaban J connectivity index is 1.49. The number of carbonyl (C=O) groups excluding carboxylic acids is 1. The number of nitrogens with one attached hydrogen (secondary N) is 1. The number of fused-ring (bicyclic) bond motifs is 1. The van der Waals surface area contributed by atoms with Gasteiger partial charge in [0.2, 0.25) is 0 Å². The quantitative estimate of drug-likeness (QED) is 0.368. The van der Waals surface area contributed by atoms with E-state index in [0.29, 0.717) is 39.2 Å². The Morgan fingerprint density at radius 3 is 2.66 bits per heavy atom. The fourth-order valence-electron chi connectivity index (χ4n) is 4.70. The first-order valence-electron chi connectivity index (χ1n) is 12.1.